The van der Waals surface area contributed by atoms with Crippen molar-refractivity contribution in [2.24, 2.45) is 0 Å². The van der Waals surface area contributed by atoms with Crippen LogP contribution < -0.4 is 5.32 Å². The van der Waals surface area contributed by atoms with E-state index in [1.165, 1.54) is 12.8 Å². The van der Waals surface area contributed by atoms with Gasteiger partial charge >= 0.3 is 0 Å². The third-order valence-corrected chi connectivity index (χ3v) is 3.19. The maximum Gasteiger partial charge on any atom is 0.243 e. The van der Waals surface area contributed by atoms with Gasteiger partial charge in [0.15, 0.2) is 0 Å². The predicted molar refractivity (Wildman–Crippen MR) is 63.6 cm³/mol. The van der Waals surface area contributed by atoms with Gasteiger partial charge in [0.25, 0.3) is 0 Å². The summed E-state index contributed by atoms with van der Waals surface area (Å²) in [6.07, 6.45) is 5.46. The molecular formula is C12H21N3O2. The van der Waals surface area contributed by atoms with Gasteiger partial charge < -0.3 is 14.6 Å². The van der Waals surface area contributed by atoms with Crippen molar-refractivity contribution in [3.05, 3.63) is 11.7 Å². The molecule has 2 rings (SSSR count). The van der Waals surface area contributed by atoms with Gasteiger partial charge in [0, 0.05) is 7.11 Å². The van der Waals surface area contributed by atoms with Crippen LogP contribution in [-0.2, 0) is 4.74 Å². The van der Waals surface area contributed by atoms with Crippen LogP contribution in [0.15, 0.2) is 4.52 Å². The minimum atomic E-state index is -0.0407. The van der Waals surface area contributed by atoms with Gasteiger partial charge in [0.2, 0.25) is 11.7 Å². The Balaban J connectivity index is 2.03. The molecule has 0 bridgehead atoms. The molecule has 5 heteroatoms. The highest BCUT2D eigenvalue weighted by Gasteiger charge is 2.23. The number of piperidine rings is 1. The number of hydrogen-bond donors (Lipinski definition) is 1. The van der Waals surface area contributed by atoms with E-state index >= 15 is 0 Å². The topological polar surface area (TPSA) is 60.2 Å². The van der Waals surface area contributed by atoms with Crippen molar-refractivity contribution in [1.82, 2.24) is 15.5 Å². The standard InChI is InChI=1S/C12H21N3O2/c1-3-6-10(16-2)11-14-12(17-15-11)9-7-4-5-8-13-9/h9-10,13H,3-8H2,1-2H3/t9-,10?/m1/s1. The lowest BCUT2D eigenvalue weighted by molar-refractivity contribution is 0.0854. The lowest BCUT2D eigenvalue weighted by atomic mass is 10.1. The van der Waals surface area contributed by atoms with Gasteiger partial charge in [-0.1, -0.05) is 24.9 Å². The summed E-state index contributed by atoms with van der Waals surface area (Å²) in [5.41, 5.74) is 0. The van der Waals surface area contributed by atoms with Crippen LogP contribution in [-0.4, -0.2) is 23.8 Å². The van der Waals surface area contributed by atoms with Crippen molar-refractivity contribution in [2.45, 2.75) is 51.2 Å². The molecule has 0 saturated carbocycles. The summed E-state index contributed by atoms with van der Waals surface area (Å²) in [6.45, 7) is 3.15. The minimum Gasteiger partial charge on any atom is -0.373 e. The molecule has 1 saturated heterocycles. The first-order valence-corrected chi connectivity index (χ1v) is 6.44. The summed E-state index contributed by atoms with van der Waals surface area (Å²) in [5, 5.41) is 7.43. The fraction of sp³-hybridized carbons (Fsp3) is 0.833. The van der Waals surface area contributed by atoms with Crippen LogP contribution in [0.25, 0.3) is 0 Å². The van der Waals surface area contributed by atoms with Crippen LogP contribution in [0.4, 0.5) is 0 Å². The van der Waals surface area contributed by atoms with Crippen molar-refractivity contribution < 1.29 is 9.26 Å². The molecule has 1 fully saturated rings. The van der Waals surface area contributed by atoms with Crippen LogP contribution in [0.3, 0.4) is 0 Å². The van der Waals surface area contributed by atoms with Crippen molar-refractivity contribution in [3.63, 3.8) is 0 Å². The lowest BCUT2D eigenvalue weighted by Crippen LogP contribution is -2.27. The van der Waals surface area contributed by atoms with Gasteiger partial charge in [-0.3, -0.25) is 0 Å². The maximum atomic E-state index is 5.37. The third-order valence-electron chi connectivity index (χ3n) is 3.19. The van der Waals surface area contributed by atoms with Crippen molar-refractivity contribution in [3.8, 4) is 0 Å². The Hall–Kier alpha value is -0.940. The smallest absolute Gasteiger partial charge is 0.243 e. The Morgan fingerprint density at radius 3 is 3.06 bits per heavy atom. The SMILES string of the molecule is CCCC(OC)c1noc([C@H]2CCCCN2)n1. The van der Waals surface area contributed by atoms with E-state index in [0.29, 0.717) is 11.7 Å². The number of nitrogens with one attached hydrogen (secondary N) is 1. The fourth-order valence-corrected chi connectivity index (χ4v) is 2.20. The fourth-order valence-electron chi connectivity index (χ4n) is 2.20. The normalized spacial score (nSPS) is 22.6. The van der Waals surface area contributed by atoms with E-state index in [1.807, 2.05) is 0 Å². The second kappa shape index (κ2) is 6.12. The number of nitrogens with zero attached hydrogens (tertiary/aromatic N) is 2. The summed E-state index contributed by atoms with van der Waals surface area (Å²) in [5.74, 6) is 1.38. The van der Waals surface area contributed by atoms with Gasteiger partial charge in [0.05, 0.1) is 6.04 Å². The van der Waals surface area contributed by atoms with E-state index in [2.05, 4.69) is 22.4 Å². The number of ether oxygens (including phenoxy) is 1. The average Bonchev–Trinajstić information content (AvgIpc) is 2.86. The second-order valence-corrected chi connectivity index (χ2v) is 4.51. The summed E-state index contributed by atoms with van der Waals surface area (Å²) in [6, 6.07) is 0.226. The van der Waals surface area contributed by atoms with Crippen molar-refractivity contribution in [2.75, 3.05) is 13.7 Å². The maximum absolute atomic E-state index is 5.37. The molecule has 1 aliphatic heterocycles. The largest absolute Gasteiger partial charge is 0.373 e. The molecule has 1 aliphatic rings. The molecule has 1 aromatic rings. The van der Waals surface area contributed by atoms with Gasteiger partial charge in [-0.25, -0.2) is 0 Å². The molecule has 0 spiro atoms. The quantitative estimate of drug-likeness (QED) is 0.854. The molecule has 0 aliphatic carbocycles. The van der Waals surface area contributed by atoms with E-state index in [1.54, 1.807) is 7.11 Å². The molecule has 2 heterocycles. The minimum absolute atomic E-state index is 0.0407. The van der Waals surface area contributed by atoms with Crippen LogP contribution >= 0.6 is 0 Å². The van der Waals surface area contributed by atoms with Gasteiger partial charge in [-0.05, 0) is 25.8 Å². The summed E-state index contributed by atoms with van der Waals surface area (Å²) >= 11 is 0. The number of methoxy groups -OCH3 is 1. The van der Waals surface area contributed by atoms with E-state index in [4.69, 9.17) is 9.26 Å². The molecule has 2 atom stereocenters. The second-order valence-electron chi connectivity index (χ2n) is 4.51. The highest BCUT2D eigenvalue weighted by atomic mass is 16.5. The zero-order chi connectivity index (χ0) is 12.1. The van der Waals surface area contributed by atoms with E-state index < -0.39 is 0 Å². The van der Waals surface area contributed by atoms with Gasteiger partial charge in [0.1, 0.15) is 6.10 Å². The Bertz CT molecular complexity index is 315. The van der Waals surface area contributed by atoms with Crippen molar-refractivity contribution in [1.29, 1.82) is 0 Å². The molecule has 17 heavy (non-hydrogen) atoms. The summed E-state index contributed by atoms with van der Waals surface area (Å²) in [7, 11) is 1.69. The van der Waals surface area contributed by atoms with E-state index in [-0.39, 0.29) is 12.1 Å². The summed E-state index contributed by atoms with van der Waals surface area (Å²) < 4.78 is 10.7. The van der Waals surface area contributed by atoms with E-state index in [9.17, 15) is 0 Å². The zero-order valence-electron chi connectivity index (χ0n) is 10.6. The first-order valence-electron chi connectivity index (χ1n) is 6.44. The Labute approximate surface area is 102 Å². The molecule has 1 N–H and O–H groups in total. The Morgan fingerprint density at radius 1 is 1.53 bits per heavy atom. The highest BCUT2D eigenvalue weighted by Crippen LogP contribution is 2.24. The van der Waals surface area contributed by atoms with Crippen LogP contribution in [0.2, 0.25) is 0 Å². The molecule has 96 valence electrons. The first kappa shape index (κ1) is 12.5. The molecule has 0 amide bonds. The first-order chi connectivity index (χ1) is 8.35. The third kappa shape index (κ3) is 3.04. The molecule has 5 nitrogen and oxygen atoms in total. The summed E-state index contributed by atoms with van der Waals surface area (Å²) in [4.78, 5) is 4.46. The van der Waals surface area contributed by atoms with Gasteiger partial charge in [-0.15, -0.1) is 0 Å². The van der Waals surface area contributed by atoms with Crippen LogP contribution in [0, 0.1) is 0 Å². The molecule has 0 radical (unpaired) electrons. The number of rotatable bonds is 5. The number of hydrogen-bond acceptors (Lipinski definition) is 5. The monoisotopic (exact) mass is 239 g/mol. The average molecular weight is 239 g/mol. The molecule has 0 aromatic carbocycles. The predicted octanol–water partition coefficient (Wildman–Crippen LogP) is 2.37. The lowest BCUT2D eigenvalue weighted by Gasteiger charge is -2.19. The van der Waals surface area contributed by atoms with Crippen LogP contribution in [0.5, 0.6) is 0 Å². The number of aromatic nitrogens is 2. The zero-order valence-corrected chi connectivity index (χ0v) is 10.6. The molecular weight excluding hydrogens is 218 g/mol. The Morgan fingerprint density at radius 2 is 2.41 bits per heavy atom. The van der Waals surface area contributed by atoms with E-state index in [0.717, 1.165) is 25.8 Å². The van der Waals surface area contributed by atoms with Gasteiger partial charge in [-0.2, -0.15) is 4.98 Å². The van der Waals surface area contributed by atoms with Crippen molar-refractivity contribution >= 4 is 0 Å². The Kier molecular flexibility index (Phi) is 4.50. The molecule has 1 unspecified atom stereocenters. The highest BCUT2D eigenvalue weighted by molar-refractivity contribution is 4.97. The molecule has 1 aromatic heterocycles. The van der Waals surface area contributed by atoms with Crippen LogP contribution in [0.1, 0.15) is 62.9 Å².